The van der Waals surface area contributed by atoms with Crippen molar-refractivity contribution in [3.8, 4) is 0 Å². The molecule has 1 aliphatic rings. The molecule has 0 aliphatic heterocycles. The predicted molar refractivity (Wildman–Crippen MR) is 92.3 cm³/mol. The van der Waals surface area contributed by atoms with Crippen LogP contribution in [0.25, 0.3) is 5.52 Å². The highest BCUT2D eigenvalue weighted by Crippen LogP contribution is 2.32. The molecule has 6 nitrogen and oxygen atoms in total. The molecule has 3 rings (SSSR count). The molecule has 23 heavy (non-hydrogen) atoms. The van der Waals surface area contributed by atoms with Crippen molar-refractivity contribution in [1.29, 1.82) is 0 Å². The van der Waals surface area contributed by atoms with Crippen molar-refractivity contribution in [3.05, 3.63) is 47.0 Å². The maximum absolute atomic E-state index is 6.63. The van der Waals surface area contributed by atoms with Gasteiger partial charge in [0.25, 0.3) is 0 Å². The van der Waals surface area contributed by atoms with Crippen molar-refractivity contribution in [2.24, 2.45) is 17.3 Å². The number of nitrogens with zero attached hydrogens (tertiary/aromatic N) is 3. The molecule has 2 heterocycles. The third kappa shape index (κ3) is 2.92. The van der Waals surface area contributed by atoms with E-state index in [9.17, 15) is 0 Å². The molecule has 0 spiro atoms. The van der Waals surface area contributed by atoms with Gasteiger partial charge in [0, 0.05) is 36.6 Å². The number of hydrogen-bond donors (Lipinski definition) is 3. The summed E-state index contributed by atoms with van der Waals surface area (Å²) < 4.78 is 1.96. The van der Waals surface area contributed by atoms with E-state index >= 15 is 0 Å². The van der Waals surface area contributed by atoms with Gasteiger partial charge in [0.05, 0.1) is 16.7 Å². The zero-order valence-electron chi connectivity index (χ0n) is 13.9. The topological polar surface area (TPSA) is 98.6 Å². The van der Waals surface area contributed by atoms with Crippen LogP contribution < -0.4 is 17.3 Å². The maximum Gasteiger partial charge on any atom is 0.0697 e. The third-order valence-electron chi connectivity index (χ3n) is 4.62. The molecule has 6 N–H and O–H groups in total. The Morgan fingerprint density at radius 3 is 3.00 bits per heavy atom. The van der Waals surface area contributed by atoms with E-state index in [-0.39, 0.29) is 0 Å². The Morgan fingerprint density at radius 2 is 2.26 bits per heavy atom. The van der Waals surface area contributed by atoms with E-state index in [4.69, 9.17) is 22.4 Å². The van der Waals surface area contributed by atoms with Crippen LogP contribution in [0.5, 0.6) is 0 Å². The number of nitrogens with two attached hydrogens (primary N) is 3. The highest BCUT2D eigenvalue weighted by Gasteiger charge is 2.35. The monoisotopic (exact) mass is 314 g/mol. The van der Waals surface area contributed by atoms with Crippen LogP contribution in [0.15, 0.2) is 30.2 Å². The van der Waals surface area contributed by atoms with Crippen LogP contribution in [0.4, 0.5) is 0 Å². The minimum Gasteiger partial charge on any atom is -0.399 e. The van der Waals surface area contributed by atoms with Crippen LogP contribution >= 0.6 is 0 Å². The van der Waals surface area contributed by atoms with Crippen LogP contribution in [-0.4, -0.2) is 26.7 Å². The Hall–Kier alpha value is -2.05. The van der Waals surface area contributed by atoms with Crippen LogP contribution in [0.2, 0.25) is 0 Å². The second-order valence-corrected chi connectivity index (χ2v) is 6.62. The van der Waals surface area contributed by atoms with Gasteiger partial charge in [0.15, 0.2) is 0 Å². The van der Waals surface area contributed by atoms with Crippen LogP contribution in [0, 0.1) is 6.92 Å². The van der Waals surface area contributed by atoms with E-state index in [2.05, 4.69) is 26.0 Å². The predicted octanol–water partition coefficient (Wildman–Crippen LogP) is 1.21. The first-order valence-corrected chi connectivity index (χ1v) is 8.17. The molecule has 1 aliphatic carbocycles. The summed E-state index contributed by atoms with van der Waals surface area (Å²) in [6, 6.07) is 4.21. The van der Waals surface area contributed by atoms with Gasteiger partial charge in [-0.1, -0.05) is 13.0 Å². The standard InChI is InChI=1S/C17H26N6/c1-3-8-22(20)11-16(18)17(19)7-6-14-13(9-17)15-5-4-12(2)10-23(15)21-14/h4-5,10-11H,3,6-9,18-20H2,1-2H3/b16-11-. The highest BCUT2D eigenvalue weighted by molar-refractivity contribution is 5.59. The van der Waals surface area contributed by atoms with Crippen molar-refractivity contribution in [3.63, 3.8) is 0 Å². The molecular weight excluding hydrogens is 288 g/mol. The van der Waals surface area contributed by atoms with E-state index in [0.717, 1.165) is 37.0 Å². The van der Waals surface area contributed by atoms with E-state index < -0.39 is 5.54 Å². The molecule has 2 aromatic rings. The van der Waals surface area contributed by atoms with Crippen LogP contribution in [0.1, 0.15) is 36.6 Å². The lowest BCUT2D eigenvalue weighted by Gasteiger charge is -2.34. The lowest BCUT2D eigenvalue weighted by molar-refractivity contribution is 0.367. The molecule has 1 unspecified atom stereocenters. The van der Waals surface area contributed by atoms with Crippen LogP contribution in [0.3, 0.4) is 0 Å². The first-order chi connectivity index (χ1) is 10.9. The van der Waals surface area contributed by atoms with Gasteiger partial charge in [-0.2, -0.15) is 5.10 Å². The summed E-state index contributed by atoms with van der Waals surface area (Å²) in [6.45, 7) is 4.91. The molecule has 0 fully saturated rings. The summed E-state index contributed by atoms with van der Waals surface area (Å²) in [5, 5.41) is 6.32. The molecule has 0 bridgehead atoms. The minimum absolute atomic E-state index is 0.563. The fraction of sp³-hybridized carbons (Fsp3) is 0.471. The smallest absolute Gasteiger partial charge is 0.0697 e. The number of hydrogen-bond acceptors (Lipinski definition) is 5. The molecule has 0 radical (unpaired) electrons. The van der Waals surface area contributed by atoms with Gasteiger partial charge in [-0.05, 0) is 37.8 Å². The summed E-state index contributed by atoms with van der Waals surface area (Å²) in [5.41, 5.74) is 17.6. The van der Waals surface area contributed by atoms with Gasteiger partial charge in [-0.3, -0.25) is 0 Å². The number of aryl methyl sites for hydroxylation is 2. The lowest BCUT2D eigenvalue weighted by atomic mass is 9.79. The Labute approximate surface area is 136 Å². The van der Waals surface area contributed by atoms with Gasteiger partial charge in [-0.15, -0.1) is 0 Å². The lowest BCUT2D eigenvalue weighted by Crippen LogP contribution is -2.50. The van der Waals surface area contributed by atoms with Crippen molar-refractivity contribution < 1.29 is 0 Å². The van der Waals surface area contributed by atoms with Gasteiger partial charge in [0.1, 0.15) is 0 Å². The summed E-state index contributed by atoms with van der Waals surface area (Å²) in [7, 11) is 0. The summed E-state index contributed by atoms with van der Waals surface area (Å²) >= 11 is 0. The molecular formula is C17H26N6. The van der Waals surface area contributed by atoms with E-state index in [1.807, 2.05) is 10.7 Å². The van der Waals surface area contributed by atoms with E-state index in [1.54, 1.807) is 11.2 Å². The second kappa shape index (κ2) is 5.86. The SMILES string of the molecule is CCCN(N)/C=C(\N)C1(N)CCc2nn3cc(C)ccc3c2C1. The summed E-state index contributed by atoms with van der Waals surface area (Å²) in [5.74, 6) is 5.94. The van der Waals surface area contributed by atoms with Crippen LogP contribution in [-0.2, 0) is 12.8 Å². The van der Waals surface area contributed by atoms with Gasteiger partial charge < -0.3 is 16.5 Å². The average Bonchev–Trinajstić information content (AvgIpc) is 2.83. The van der Waals surface area contributed by atoms with Crippen molar-refractivity contribution in [2.75, 3.05) is 6.54 Å². The maximum atomic E-state index is 6.63. The molecule has 124 valence electrons. The number of aromatic nitrogens is 2. The van der Waals surface area contributed by atoms with Crippen molar-refractivity contribution >= 4 is 5.52 Å². The van der Waals surface area contributed by atoms with Crippen molar-refractivity contribution in [2.45, 2.75) is 45.1 Å². The fourth-order valence-corrected chi connectivity index (χ4v) is 3.27. The van der Waals surface area contributed by atoms with Gasteiger partial charge >= 0.3 is 0 Å². The van der Waals surface area contributed by atoms with Gasteiger partial charge in [0.2, 0.25) is 0 Å². The quantitative estimate of drug-likeness (QED) is 0.582. The highest BCUT2D eigenvalue weighted by atomic mass is 15.4. The normalized spacial score (nSPS) is 21.5. The summed E-state index contributed by atoms with van der Waals surface area (Å²) in [6.07, 6.45) is 7.11. The average molecular weight is 314 g/mol. The number of rotatable bonds is 4. The molecule has 0 saturated carbocycles. The number of fused-ring (bicyclic) bond motifs is 3. The second-order valence-electron chi connectivity index (χ2n) is 6.62. The molecule has 6 heteroatoms. The zero-order valence-corrected chi connectivity index (χ0v) is 13.9. The molecule has 0 saturated heterocycles. The first kappa shape index (κ1) is 15.8. The Morgan fingerprint density at radius 1 is 1.48 bits per heavy atom. The minimum atomic E-state index is -0.563. The van der Waals surface area contributed by atoms with Crippen molar-refractivity contribution in [1.82, 2.24) is 14.6 Å². The molecule has 0 aromatic carbocycles. The van der Waals surface area contributed by atoms with Gasteiger partial charge in [-0.25, -0.2) is 10.4 Å². The third-order valence-corrected chi connectivity index (χ3v) is 4.62. The zero-order chi connectivity index (χ0) is 16.6. The molecule has 2 aromatic heterocycles. The molecule has 0 amide bonds. The van der Waals surface area contributed by atoms with E-state index in [0.29, 0.717) is 12.1 Å². The number of hydrazine groups is 1. The molecule has 1 atom stereocenters. The fourth-order valence-electron chi connectivity index (χ4n) is 3.27. The first-order valence-electron chi connectivity index (χ1n) is 8.17. The Kier molecular flexibility index (Phi) is 4.04. The number of pyridine rings is 1. The Balaban J connectivity index is 1.93. The van der Waals surface area contributed by atoms with E-state index in [1.165, 1.54) is 11.1 Å². The largest absolute Gasteiger partial charge is 0.399 e. The summed E-state index contributed by atoms with van der Waals surface area (Å²) in [4.78, 5) is 0. The Bertz CT molecular complexity index is 747.